The van der Waals surface area contributed by atoms with Gasteiger partial charge < -0.3 is 9.47 Å². The van der Waals surface area contributed by atoms with E-state index in [-0.39, 0.29) is 5.92 Å². The van der Waals surface area contributed by atoms with E-state index in [9.17, 15) is 4.79 Å². The molecule has 88 valence electrons. The molecule has 0 aliphatic carbocycles. The number of carbonyl (C=O) groups is 1. The second-order valence-electron chi connectivity index (χ2n) is 3.88. The van der Waals surface area contributed by atoms with Crippen molar-refractivity contribution in [2.24, 2.45) is 5.92 Å². The Morgan fingerprint density at radius 1 is 1.25 bits per heavy atom. The number of ether oxygens (including phenoxy) is 2. The molecule has 0 spiro atoms. The van der Waals surface area contributed by atoms with Crippen molar-refractivity contribution in [1.82, 2.24) is 0 Å². The first-order valence-corrected chi connectivity index (χ1v) is 5.52. The monoisotopic (exact) mass is 242 g/mol. The third-order valence-corrected chi connectivity index (χ3v) is 2.55. The van der Waals surface area contributed by atoms with Crippen molar-refractivity contribution in [2.45, 2.75) is 26.3 Å². The van der Waals surface area contributed by atoms with Crippen LogP contribution in [0.25, 0.3) is 0 Å². The molecule has 0 saturated heterocycles. The summed E-state index contributed by atoms with van der Waals surface area (Å²) in [5, 5.41) is 0. The minimum Gasteiger partial charge on any atom is -0.414 e. The quantitative estimate of drug-likeness (QED) is 0.460. The maximum atomic E-state index is 11.3. The van der Waals surface area contributed by atoms with Crippen LogP contribution in [-0.2, 0) is 4.74 Å². The molecule has 3 nitrogen and oxygen atoms in total. The number of aryl methyl sites for hydroxylation is 1. The molecule has 0 fully saturated rings. The first-order chi connectivity index (χ1) is 7.49. The molecule has 0 heterocycles. The zero-order valence-electron chi connectivity index (χ0n) is 9.57. The largest absolute Gasteiger partial charge is 0.515 e. The zero-order valence-corrected chi connectivity index (χ0v) is 10.3. The molecule has 16 heavy (non-hydrogen) atoms. The van der Waals surface area contributed by atoms with Gasteiger partial charge in [0.05, 0.1) is 0 Å². The van der Waals surface area contributed by atoms with Crippen LogP contribution in [0.2, 0.25) is 0 Å². The van der Waals surface area contributed by atoms with Crippen LogP contribution in [-0.4, -0.2) is 11.7 Å². The fraction of sp³-hybridized carbons (Fsp3) is 0.417. The van der Waals surface area contributed by atoms with Crippen LogP contribution < -0.4 is 4.74 Å². The van der Waals surface area contributed by atoms with E-state index in [0.29, 0.717) is 5.75 Å². The Hall–Kier alpha value is -1.22. The summed E-state index contributed by atoms with van der Waals surface area (Å²) >= 11 is 5.78. The molecule has 1 atom stereocenters. The molecule has 1 aromatic carbocycles. The standard InChI is InChI=1S/C12H15ClO3/c1-8(2)11(13)16-12(14)15-10-6-4-9(3)5-7-10/h4-8,11H,1-3H3. The van der Waals surface area contributed by atoms with Gasteiger partial charge in [-0.3, -0.25) is 0 Å². The van der Waals surface area contributed by atoms with Crippen molar-refractivity contribution in [3.8, 4) is 5.75 Å². The van der Waals surface area contributed by atoms with Gasteiger partial charge in [-0.15, -0.1) is 0 Å². The first-order valence-electron chi connectivity index (χ1n) is 5.08. The van der Waals surface area contributed by atoms with Crippen LogP contribution >= 0.6 is 11.6 Å². The molecule has 0 radical (unpaired) electrons. The van der Waals surface area contributed by atoms with Crippen LogP contribution in [0.1, 0.15) is 19.4 Å². The minimum atomic E-state index is -0.780. The number of benzene rings is 1. The Morgan fingerprint density at radius 2 is 1.81 bits per heavy atom. The summed E-state index contributed by atoms with van der Waals surface area (Å²) in [5.74, 6) is 0.496. The fourth-order valence-electron chi connectivity index (χ4n) is 0.955. The molecule has 1 aromatic rings. The second kappa shape index (κ2) is 5.75. The highest BCUT2D eigenvalue weighted by Crippen LogP contribution is 2.15. The van der Waals surface area contributed by atoms with Crippen LogP contribution in [0, 0.1) is 12.8 Å². The molecular weight excluding hydrogens is 228 g/mol. The molecule has 0 saturated carbocycles. The van der Waals surface area contributed by atoms with Crippen molar-refractivity contribution in [2.75, 3.05) is 0 Å². The highest BCUT2D eigenvalue weighted by Gasteiger charge is 2.16. The number of alkyl halides is 1. The molecule has 0 aliphatic heterocycles. The van der Waals surface area contributed by atoms with Crippen molar-refractivity contribution in [3.63, 3.8) is 0 Å². The zero-order chi connectivity index (χ0) is 12.1. The van der Waals surface area contributed by atoms with Crippen LogP contribution in [0.4, 0.5) is 4.79 Å². The Morgan fingerprint density at radius 3 is 2.31 bits per heavy atom. The lowest BCUT2D eigenvalue weighted by Crippen LogP contribution is -2.20. The van der Waals surface area contributed by atoms with E-state index >= 15 is 0 Å². The van der Waals surface area contributed by atoms with Gasteiger partial charge in [0, 0.05) is 5.92 Å². The molecule has 0 bridgehead atoms. The highest BCUT2D eigenvalue weighted by molar-refractivity contribution is 6.20. The molecule has 0 amide bonds. The lowest BCUT2D eigenvalue weighted by Gasteiger charge is -2.13. The summed E-state index contributed by atoms with van der Waals surface area (Å²) < 4.78 is 9.79. The van der Waals surface area contributed by atoms with Gasteiger partial charge in [-0.2, -0.15) is 0 Å². The van der Waals surface area contributed by atoms with Crippen molar-refractivity contribution >= 4 is 17.8 Å². The Labute approximate surface area is 100 Å². The van der Waals surface area contributed by atoms with Gasteiger partial charge in [-0.1, -0.05) is 43.1 Å². The summed E-state index contributed by atoms with van der Waals surface area (Å²) in [6, 6.07) is 7.11. The number of hydrogen-bond acceptors (Lipinski definition) is 3. The molecular formula is C12H15ClO3. The Bertz CT molecular complexity index is 346. The average molecular weight is 243 g/mol. The smallest absolute Gasteiger partial charge is 0.414 e. The van der Waals surface area contributed by atoms with Crippen molar-refractivity contribution < 1.29 is 14.3 Å². The summed E-state index contributed by atoms with van der Waals surface area (Å²) in [7, 11) is 0. The molecule has 1 rings (SSSR count). The maximum absolute atomic E-state index is 11.3. The van der Waals surface area contributed by atoms with Gasteiger partial charge in [0.15, 0.2) is 5.56 Å². The first kappa shape index (κ1) is 12.8. The van der Waals surface area contributed by atoms with E-state index in [1.165, 1.54) is 0 Å². The van der Waals surface area contributed by atoms with E-state index in [1.54, 1.807) is 12.1 Å². The molecule has 0 N–H and O–H groups in total. The molecule has 0 aromatic heterocycles. The average Bonchev–Trinajstić information content (AvgIpc) is 2.21. The SMILES string of the molecule is Cc1ccc(OC(=O)OC(Cl)C(C)C)cc1. The minimum absolute atomic E-state index is 0.0484. The Kier molecular flexibility index (Phi) is 4.62. The second-order valence-corrected chi connectivity index (χ2v) is 4.31. The van der Waals surface area contributed by atoms with Gasteiger partial charge in [-0.05, 0) is 19.1 Å². The van der Waals surface area contributed by atoms with E-state index in [4.69, 9.17) is 21.1 Å². The van der Waals surface area contributed by atoms with Gasteiger partial charge >= 0.3 is 6.16 Å². The molecule has 1 unspecified atom stereocenters. The van der Waals surface area contributed by atoms with Crippen LogP contribution in [0.3, 0.4) is 0 Å². The van der Waals surface area contributed by atoms with Crippen molar-refractivity contribution in [1.29, 1.82) is 0 Å². The van der Waals surface area contributed by atoms with Crippen molar-refractivity contribution in [3.05, 3.63) is 29.8 Å². The predicted octanol–water partition coefficient (Wildman–Crippen LogP) is 3.73. The maximum Gasteiger partial charge on any atom is 0.515 e. The summed E-state index contributed by atoms with van der Waals surface area (Å²) in [4.78, 5) is 11.3. The number of halogens is 1. The molecule has 0 aliphatic rings. The lowest BCUT2D eigenvalue weighted by atomic mass is 10.2. The van der Waals surface area contributed by atoms with E-state index in [2.05, 4.69) is 0 Å². The molecule has 4 heteroatoms. The topological polar surface area (TPSA) is 35.5 Å². The number of hydrogen-bond donors (Lipinski definition) is 0. The number of rotatable bonds is 3. The predicted molar refractivity (Wildman–Crippen MR) is 62.8 cm³/mol. The van der Waals surface area contributed by atoms with Gasteiger partial charge in [0.1, 0.15) is 5.75 Å². The summed E-state index contributed by atoms with van der Waals surface area (Å²) in [6.07, 6.45) is -0.780. The van der Waals surface area contributed by atoms with E-state index in [0.717, 1.165) is 5.56 Å². The summed E-state index contributed by atoms with van der Waals surface area (Å²) in [5.41, 5.74) is 0.427. The lowest BCUT2D eigenvalue weighted by molar-refractivity contribution is 0.0725. The van der Waals surface area contributed by atoms with Crippen LogP contribution in [0.15, 0.2) is 24.3 Å². The third kappa shape index (κ3) is 4.11. The Balaban J connectivity index is 2.48. The highest BCUT2D eigenvalue weighted by atomic mass is 35.5. The normalized spacial score (nSPS) is 12.3. The van der Waals surface area contributed by atoms with Crippen LogP contribution in [0.5, 0.6) is 5.75 Å². The number of carbonyl (C=O) groups excluding carboxylic acids is 1. The summed E-state index contributed by atoms with van der Waals surface area (Å²) in [6.45, 7) is 5.67. The van der Waals surface area contributed by atoms with Gasteiger partial charge in [0.2, 0.25) is 0 Å². The third-order valence-electron chi connectivity index (χ3n) is 1.96. The van der Waals surface area contributed by atoms with E-state index < -0.39 is 11.7 Å². The fourth-order valence-corrected chi connectivity index (χ4v) is 1.03. The van der Waals surface area contributed by atoms with Gasteiger partial charge in [0.25, 0.3) is 0 Å². The van der Waals surface area contributed by atoms with Gasteiger partial charge in [-0.25, -0.2) is 4.79 Å². The van der Waals surface area contributed by atoms with E-state index in [1.807, 2.05) is 32.9 Å².